The maximum Gasteiger partial charge on any atom is 0.453 e. The third kappa shape index (κ3) is 5.25. The van der Waals surface area contributed by atoms with Crippen molar-refractivity contribution < 1.29 is 19.1 Å². The van der Waals surface area contributed by atoms with E-state index in [1.54, 1.807) is 0 Å². The molecule has 0 radical (unpaired) electrons. The van der Waals surface area contributed by atoms with Crippen LogP contribution in [0.25, 0.3) is 0 Å². The van der Waals surface area contributed by atoms with E-state index in [-0.39, 0.29) is 11.4 Å². The van der Waals surface area contributed by atoms with Gasteiger partial charge in [-0.05, 0) is 41.7 Å². The van der Waals surface area contributed by atoms with Gasteiger partial charge in [0.15, 0.2) is 11.6 Å². The Balaban J connectivity index is 1.97. The number of benzene rings is 3. The number of ether oxygens (including phenoxy) is 1. The van der Waals surface area contributed by atoms with Gasteiger partial charge in [0.05, 0.1) is 0 Å². The van der Waals surface area contributed by atoms with Gasteiger partial charge >= 0.3 is 6.02 Å². The maximum atomic E-state index is 14.8. The van der Waals surface area contributed by atoms with Crippen LogP contribution in [-0.4, -0.2) is 16.0 Å². The molecule has 0 saturated heterocycles. The molecule has 0 aliphatic carbocycles. The van der Waals surface area contributed by atoms with Crippen molar-refractivity contribution in [3.8, 4) is 5.75 Å². The Morgan fingerprint density at radius 2 is 1.74 bits per heavy atom. The molecular weight excluding hydrogens is 399 g/mol. The van der Waals surface area contributed by atoms with Crippen LogP contribution in [0.2, 0.25) is 0 Å². The first-order valence-electron chi connectivity index (χ1n) is 10.0. The predicted octanol–water partition coefficient (Wildman–Crippen LogP) is 5.45. The van der Waals surface area contributed by atoms with Crippen molar-refractivity contribution in [1.29, 1.82) is 0 Å². The number of hydrogen-bond acceptors (Lipinski definition) is 3. The van der Waals surface area contributed by atoms with Crippen LogP contribution in [-0.2, 0) is 12.8 Å². The van der Waals surface area contributed by atoms with Crippen LogP contribution < -0.4 is 10.1 Å². The van der Waals surface area contributed by atoms with E-state index >= 15 is 0 Å². The third-order valence-electron chi connectivity index (χ3n) is 5.01. The van der Waals surface area contributed by atoms with Gasteiger partial charge in [-0.2, -0.15) is 0 Å². The fraction of sp³-hybridized carbons (Fsp3) is 0.208. The van der Waals surface area contributed by atoms with E-state index in [1.807, 2.05) is 48.5 Å². The summed E-state index contributed by atoms with van der Waals surface area (Å²) in [6.07, 6.45) is 1.17. The van der Waals surface area contributed by atoms with Gasteiger partial charge in [-0.1, -0.05) is 62.4 Å². The quantitative estimate of drug-likeness (QED) is 0.228. The van der Waals surface area contributed by atoms with Gasteiger partial charge in [-0.3, -0.25) is 0 Å². The highest BCUT2D eigenvalue weighted by molar-refractivity contribution is 5.83. The van der Waals surface area contributed by atoms with Crippen LogP contribution >= 0.6 is 0 Å². The van der Waals surface area contributed by atoms with Crippen molar-refractivity contribution in [1.82, 2.24) is 0 Å². The smallest absolute Gasteiger partial charge is 0.453 e. The van der Waals surface area contributed by atoms with Gasteiger partial charge in [0.1, 0.15) is 11.8 Å². The van der Waals surface area contributed by atoms with E-state index in [4.69, 9.17) is 4.74 Å². The minimum Gasteiger partial charge on any atom is -0.710 e. The number of rotatable bonds is 7. The molecule has 0 aliphatic heterocycles. The molecule has 0 aromatic heterocycles. The highest BCUT2D eigenvalue weighted by Gasteiger charge is 2.21. The second-order valence-electron chi connectivity index (χ2n) is 7.00. The summed E-state index contributed by atoms with van der Waals surface area (Å²) >= 11 is 0. The molecule has 0 bridgehead atoms. The fourth-order valence-corrected chi connectivity index (χ4v) is 3.33. The van der Waals surface area contributed by atoms with Crippen molar-refractivity contribution >= 4 is 11.7 Å². The van der Waals surface area contributed by atoms with Crippen molar-refractivity contribution in [3.05, 3.63) is 105 Å². The summed E-state index contributed by atoms with van der Waals surface area (Å²) in [6.45, 7) is 4.13. The summed E-state index contributed by atoms with van der Waals surface area (Å²) in [4.78, 5) is -1.00. The zero-order chi connectivity index (χ0) is 22.4. The Hall–Kier alpha value is -3.74. The lowest BCUT2D eigenvalue weighted by Crippen LogP contribution is -2.19. The largest absolute Gasteiger partial charge is 0.710 e. The average molecular weight is 423 g/mol. The molecule has 1 unspecified atom stereocenters. The molecule has 0 heterocycles. The molecule has 0 saturated carbocycles. The van der Waals surface area contributed by atoms with E-state index in [2.05, 4.69) is 19.2 Å². The van der Waals surface area contributed by atoms with E-state index in [1.165, 1.54) is 17.7 Å². The van der Waals surface area contributed by atoms with Gasteiger partial charge in [0.2, 0.25) is 0 Å². The van der Waals surface area contributed by atoms with Crippen molar-refractivity contribution in [2.75, 3.05) is 5.32 Å². The standard InChI is InChI=1S/C24H24FN2O4/c1-3-16-9-11-18(12-10-16)23(20-8-6-5-7-17(20)4-2)31-22-14-13-19(15-21(22)25)26-24(28)27(29)30/h5-15,23,26H,3-4H2,1-2H3,(H-,28,29,30)/q-1. The van der Waals surface area contributed by atoms with E-state index in [0.29, 0.717) is 0 Å². The maximum absolute atomic E-state index is 14.8. The summed E-state index contributed by atoms with van der Waals surface area (Å²) in [6, 6.07) is 18.5. The Morgan fingerprint density at radius 1 is 1.03 bits per heavy atom. The third-order valence-corrected chi connectivity index (χ3v) is 5.01. The number of aliphatic hydroxyl groups excluding tert-OH is 1. The molecule has 162 valence electrons. The molecule has 2 N–H and O–H groups in total. The van der Waals surface area contributed by atoms with Crippen LogP contribution in [0, 0.1) is 16.2 Å². The summed E-state index contributed by atoms with van der Waals surface area (Å²) in [7, 11) is 0. The second-order valence-corrected chi connectivity index (χ2v) is 7.00. The van der Waals surface area contributed by atoms with Crippen molar-refractivity contribution in [3.63, 3.8) is 0 Å². The number of aryl methyl sites for hydroxylation is 2. The van der Waals surface area contributed by atoms with Gasteiger partial charge < -0.3 is 20.3 Å². The lowest BCUT2D eigenvalue weighted by Gasteiger charge is -2.23. The first kappa shape index (κ1) is 22.0. The SMILES string of the molecule is CCc1ccc(C(Oc2ccc(NC(O)=[N+]([O-])[O-])cc2F)c2ccccc2CC)cc1. The number of halogens is 1. The Bertz CT molecular complexity index is 1060. The van der Waals surface area contributed by atoms with Gasteiger partial charge in [0, 0.05) is 11.6 Å². The van der Waals surface area contributed by atoms with Gasteiger partial charge in [-0.15, -0.1) is 0 Å². The number of hydrogen-bond donors (Lipinski definition) is 2. The monoisotopic (exact) mass is 423 g/mol. The van der Waals surface area contributed by atoms with Crippen LogP contribution in [0.4, 0.5) is 10.1 Å². The highest BCUT2D eigenvalue weighted by atomic mass is 19.1. The Labute approximate surface area is 180 Å². The minimum absolute atomic E-state index is 0.00150. The van der Waals surface area contributed by atoms with Crippen LogP contribution in [0.1, 0.15) is 42.2 Å². The lowest BCUT2D eigenvalue weighted by atomic mass is 9.94. The van der Waals surface area contributed by atoms with Crippen LogP contribution in [0.5, 0.6) is 5.75 Å². The van der Waals surface area contributed by atoms with Gasteiger partial charge in [-0.25, -0.2) is 14.6 Å². The second kappa shape index (κ2) is 9.84. The molecule has 7 heteroatoms. The predicted molar refractivity (Wildman–Crippen MR) is 119 cm³/mol. The topological polar surface area (TPSA) is 90.6 Å². The van der Waals surface area contributed by atoms with Gasteiger partial charge in [0.25, 0.3) is 0 Å². The highest BCUT2D eigenvalue weighted by Crippen LogP contribution is 2.33. The Kier molecular flexibility index (Phi) is 6.97. The molecule has 3 aromatic carbocycles. The summed E-state index contributed by atoms with van der Waals surface area (Å²) in [5.41, 5.74) is 4.15. The zero-order valence-corrected chi connectivity index (χ0v) is 17.3. The number of nitrogens with one attached hydrogen (secondary N) is 1. The first-order valence-corrected chi connectivity index (χ1v) is 10.0. The molecule has 0 fully saturated rings. The molecule has 3 rings (SSSR count). The summed E-state index contributed by atoms with van der Waals surface area (Å²) in [5, 5.41) is 32.5. The number of amidine groups is 1. The Morgan fingerprint density at radius 3 is 2.35 bits per heavy atom. The molecule has 6 nitrogen and oxygen atoms in total. The molecule has 0 amide bonds. The summed E-state index contributed by atoms with van der Waals surface area (Å²) in [5.74, 6) is -0.702. The summed E-state index contributed by atoms with van der Waals surface area (Å²) < 4.78 is 20.9. The normalized spacial score (nSPS) is 11.6. The average Bonchev–Trinajstić information content (AvgIpc) is 2.78. The first-order chi connectivity index (χ1) is 14.9. The number of nitrogens with zero attached hydrogens (tertiary/aromatic N) is 1. The van der Waals surface area contributed by atoms with E-state index < -0.39 is 22.8 Å². The van der Waals surface area contributed by atoms with Crippen LogP contribution in [0.3, 0.4) is 0 Å². The number of anilines is 1. The molecule has 1 atom stereocenters. The minimum atomic E-state index is -1.18. The lowest BCUT2D eigenvalue weighted by molar-refractivity contribution is -0.389. The molecule has 0 aliphatic rings. The molecule has 0 spiro atoms. The number of aliphatic hydroxyl groups is 1. The molecule has 3 aromatic rings. The molecule has 31 heavy (non-hydrogen) atoms. The van der Waals surface area contributed by atoms with Crippen LogP contribution in [0.15, 0.2) is 66.7 Å². The fourth-order valence-electron chi connectivity index (χ4n) is 3.33. The van der Waals surface area contributed by atoms with E-state index in [9.17, 15) is 19.9 Å². The zero-order valence-electron chi connectivity index (χ0n) is 17.3. The molecular formula is C24H24FN2O4-. The van der Waals surface area contributed by atoms with Crippen molar-refractivity contribution in [2.45, 2.75) is 32.8 Å². The van der Waals surface area contributed by atoms with Crippen molar-refractivity contribution in [2.24, 2.45) is 0 Å². The van der Waals surface area contributed by atoms with E-state index in [0.717, 1.165) is 35.6 Å².